The third-order valence-electron chi connectivity index (χ3n) is 12.8. The highest BCUT2D eigenvalue weighted by Crippen LogP contribution is 2.49. The number of benzene rings is 11. The lowest BCUT2D eigenvalue weighted by atomic mass is 9.90. The molecule has 0 bridgehead atoms. The van der Waals surface area contributed by atoms with Crippen molar-refractivity contribution in [2.75, 3.05) is 0 Å². The van der Waals surface area contributed by atoms with Gasteiger partial charge in [0.25, 0.3) is 0 Å². The van der Waals surface area contributed by atoms with E-state index in [0.717, 1.165) is 0 Å². The minimum Gasteiger partial charge on any atom is -0.308 e. The third kappa shape index (κ3) is 4.79. The van der Waals surface area contributed by atoms with Gasteiger partial charge in [0.05, 0.1) is 16.6 Å². The number of rotatable bonds is 4. The first kappa shape index (κ1) is 32.4. The van der Waals surface area contributed by atoms with Crippen molar-refractivity contribution in [2.24, 2.45) is 0 Å². The van der Waals surface area contributed by atoms with E-state index in [1.165, 1.54) is 126 Å². The van der Waals surface area contributed by atoms with Crippen LogP contribution in [0.3, 0.4) is 0 Å². The van der Waals surface area contributed by atoms with Gasteiger partial charge in [-0.2, -0.15) is 0 Å². The van der Waals surface area contributed by atoms with Gasteiger partial charge in [0.2, 0.25) is 0 Å². The van der Waals surface area contributed by atoms with Gasteiger partial charge in [0, 0.05) is 21.5 Å². The van der Waals surface area contributed by atoms with E-state index in [9.17, 15) is 0 Å². The van der Waals surface area contributed by atoms with Crippen LogP contribution in [0.15, 0.2) is 212 Å². The molecule has 0 saturated carbocycles. The van der Waals surface area contributed by atoms with Crippen LogP contribution in [-0.4, -0.2) is 4.40 Å². The molecule has 0 aliphatic heterocycles. The van der Waals surface area contributed by atoms with Crippen LogP contribution in [0.2, 0.25) is 0 Å². The molecule has 1 heteroatoms. The van der Waals surface area contributed by atoms with Gasteiger partial charge in [-0.3, -0.25) is 0 Å². The Bertz CT molecular complexity index is 3560. The summed E-state index contributed by atoms with van der Waals surface area (Å²) in [5, 5.41) is 15.3. The van der Waals surface area contributed by atoms with Crippen LogP contribution >= 0.6 is 0 Å². The van der Waals surface area contributed by atoms with Crippen molar-refractivity contribution in [2.45, 2.75) is 0 Å². The zero-order valence-electron chi connectivity index (χ0n) is 32.2. The van der Waals surface area contributed by atoms with E-state index >= 15 is 0 Å². The van der Waals surface area contributed by atoms with Gasteiger partial charge >= 0.3 is 0 Å². The number of hydrogen-bond acceptors (Lipinski definition) is 0. The normalized spacial score (nSPS) is 12.1. The Hall–Kier alpha value is -7.74. The van der Waals surface area contributed by atoms with Gasteiger partial charge in [-0.15, -0.1) is 0 Å². The molecule has 0 atom stereocenters. The summed E-state index contributed by atoms with van der Waals surface area (Å²) < 4.78 is 2.56. The van der Waals surface area contributed by atoms with E-state index in [2.05, 4.69) is 217 Å². The Kier molecular flexibility index (Phi) is 6.79. The molecule has 0 spiro atoms. The largest absolute Gasteiger partial charge is 0.308 e. The van der Waals surface area contributed by atoms with Crippen molar-refractivity contribution < 1.29 is 0 Å². The van der Waals surface area contributed by atoms with Crippen molar-refractivity contribution in [1.82, 2.24) is 4.40 Å². The molecule has 0 radical (unpaired) electrons. The summed E-state index contributed by atoms with van der Waals surface area (Å²) in [5.41, 5.74) is 13.7. The van der Waals surface area contributed by atoms with Gasteiger partial charge < -0.3 is 4.40 Å². The van der Waals surface area contributed by atoms with Gasteiger partial charge in [-0.25, -0.2) is 0 Å². The van der Waals surface area contributed by atoms with Crippen molar-refractivity contribution in [3.8, 4) is 44.5 Å². The molecule has 13 rings (SSSR count). The molecule has 0 amide bonds. The van der Waals surface area contributed by atoms with Crippen LogP contribution in [0.1, 0.15) is 0 Å². The first-order valence-electron chi connectivity index (χ1n) is 20.5. The number of aromatic nitrogens is 1. The Morgan fingerprint density at radius 3 is 1.05 bits per heavy atom. The quantitative estimate of drug-likeness (QED) is 0.169. The summed E-state index contributed by atoms with van der Waals surface area (Å²) in [4.78, 5) is 0. The summed E-state index contributed by atoms with van der Waals surface area (Å²) in [5.74, 6) is 0. The van der Waals surface area contributed by atoms with E-state index in [-0.39, 0.29) is 0 Å². The summed E-state index contributed by atoms with van der Waals surface area (Å²) >= 11 is 0. The molecule has 0 saturated heterocycles. The molecule has 0 aliphatic rings. The maximum atomic E-state index is 2.56. The standard InChI is InChI=1S/C58H35N/c1-3-12-42-32-44(30-24-36(42)10-1)38-20-26-40(27-21-38)54-48-16-7-5-14-46(48)34-52-56(54)50-18-9-19-51-57-53(59(52)58(50)51)35-47-15-6-8-17-49(47)55(57)41-28-22-39(23-29-41)45-31-25-37-11-2-4-13-43(37)33-45/h1-35H. The van der Waals surface area contributed by atoms with E-state index in [1.807, 2.05) is 0 Å². The predicted octanol–water partition coefficient (Wildman–Crippen LogP) is 16.1. The summed E-state index contributed by atoms with van der Waals surface area (Å²) in [7, 11) is 0. The first-order chi connectivity index (χ1) is 29.2. The average molecular weight is 746 g/mol. The highest BCUT2D eigenvalue weighted by Gasteiger charge is 2.24. The predicted molar refractivity (Wildman–Crippen MR) is 253 cm³/mol. The molecule has 1 nitrogen and oxygen atoms in total. The molecule has 0 fully saturated rings. The molecule has 2 aromatic heterocycles. The number of hydrogen-bond donors (Lipinski definition) is 0. The number of nitrogens with zero attached hydrogens (tertiary/aromatic N) is 1. The fourth-order valence-electron chi connectivity index (χ4n) is 10.1. The average Bonchev–Trinajstić information content (AvgIpc) is 3.82. The van der Waals surface area contributed by atoms with Gasteiger partial charge in [-0.1, -0.05) is 188 Å². The first-order valence-corrected chi connectivity index (χ1v) is 20.5. The lowest BCUT2D eigenvalue weighted by Crippen LogP contribution is -1.89. The van der Waals surface area contributed by atoms with Crippen LogP contribution in [0.5, 0.6) is 0 Å². The highest BCUT2D eigenvalue weighted by atomic mass is 14.9. The molecule has 13 aromatic rings. The minimum absolute atomic E-state index is 1.22. The zero-order valence-corrected chi connectivity index (χ0v) is 32.2. The fourth-order valence-corrected chi connectivity index (χ4v) is 10.1. The van der Waals surface area contributed by atoms with E-state index in [0.29, 0.717) is 0 Å². The van der Waals surface area contributed by atoms with Crippen molar-refractivity contribution in [1.29, 1.82) is 0 Å². The molecule has 59 heavy (non-hydrogen) atoms. The van der Waals surface area contributed by atoms with Gasteiger partial charge in [0.15, 0.2) is 0 Å². The molecule has 0 N–H and O–H groups in total. The van der Waals surface area contributed by atoms with Gasteiger partial charge in [-0.05, 0) is 112 Å². The van der Waals surface area contributed by atoms with E-state index in [1.54, 1.807) is 0 Å². The van der Waals surface area contributed by atoms with Crippen LogP contribution in [0.25, 0.3) is 126 Å². The van der Waals surface area contributed by atoms with Crippen LogP contribution in [-0.2, 0) is 0 Å². The lowest BCUT2D eigenvalue weighted by Gasteiger charge is -2.14. The maximum Gasteiger partial charge on any atom is 0.0620 e. The Balaban J connectivity index is 1.04. The molecule has 2 heterocycles. The lowest BCUT2D eigenvalue weighted by molar-refractivity contribution is 1.38. The van der Waals surface area contributed by atoms with Crippen molar-refractivity contribution in [3.05, 3.63) is 212 Å². The second-order valence-electron chi connectivity index (χ2n) is 16.0. The molecule has 0 aliphatic carbocycles. The minimum atomic E-state index is 1.22. The van der Waals surface area contributed by atoms with Crippen LogP contribution < -0.4 is 0 Å². The summed E-state index contributed by atoms with van der Waals surface area (Å²) in [6.45, 7) is 0. The topological polar surface area (TPSA) is 4.41 Å². The monoisotopic (exact) mass is 745 g/mol. The summed E-state index contributed by atoms with van der Waals surface area (Å²) in [6, 6.07) is 78.8. The summed E-state index contributed by atoms with van der Waals surface area (Å²) in [6.07, 6.45) is 0. The molecular formula is C58H35N. The maximum absolute atomic E-state index is 2.56. The van der Waals surface area contributed by atoms with Gasteiger partial charge in [0.1, 0.15) is 0 Å². The highest BCUT2D eigenvalue weighted by molar-refractivity contribution is 6.32. The second-order valence-corrected chi connectivity index (χ2v) is 16.0. The van der Waals surface area contributed by atoms with Crippen LogP contribution in [0, 0.1) is 0 Å². The molecular weight excluding hydrogens is 711 g/mol. The number of fused-ring (bicyclic) bond motifs is 10. The van der Waals surface area contributed by atoms with E-state index < -0.39 is 0 Å². The smallest absolute Gasteiger partial charge is 0.0620 e. The molecule has 272 valence electrons. The Morgan fingerprint density at radius 1 is 0.237 bits per heavy atom. The zero-order chi connectivity index (χ0) is 38.6. The van der Waals surface area contributed by atoms with Crippen LogP contribution in [0.4, 0.5) is 0 Å². The molecule has 0 unspecified atom stereocenters. The molecule has 11 aromatic carbocycles. The second kappa shape index (κ2) is 12.4. The van der Waals surface area contributed by atoms with Crippen molar-refractivity contribution >= 4 is 81.2 Å². The Labute approximate surface area is 341 Å². The van der Waals surface area contributed by atoms with E-state index in [4.69, 9.17) is 0 Å². The SMILES string of the molecule is c1ccc2cc(-c3ccc(-c4c5ccccc5cc5c4c4cccc6c7c(-c8ccc(-c9ccc%10ccccc%10c9)cc8)c8ccccc8cc7n5c46)cc3)ccc2c1. The number of para-hydroxylation sites is 1. The fraction of sp³-hybridized carbons (Fsp3) is 0. The van der Waals surface area contributed by atoms with Crippen molar-refractivity contribution in [3.63, 3.8) is 0 Å². The Morgan fingerprint density at radius 2 is 0.593 bits per heavy atom. The third-order valence-corrected chi connectivity index (χ3v) is 12.8.